The molecule has 3 N–H and O–H groups in total. The number of hydrogen-bond donors (Lipinski definition) is 2. The second-order valence-corrected chi connectivity index (χ2v) is 9.75. The number of amidine groups is 1. The van der Waals surface area contributed by atoms with Crippen LogP contribution in [0.1, 0.15) is 75.2 Å². The van der Waals surface area contributed by atoms with Crippen LogP contribution in [0.15, 0.2) is 42.5 Å². The van der Waals surface area contributed by atoms with Gasteiger partial charge in [0.2, 0.25) is 6.10 Å². The predicted octanol–water partition coefficient (Wildman–Crippen LogP) is 4.74. The van der Waals surface area contributed by atoms with Gasteiger partial charge in [-0.2, -0.15) is 5.26 Å². The van der Waals surface area contributed by atoms with Gasteiger partial charge in [-0.1, -0.05) is 31.0 Å². The molecule has 0 radical (unpaired) electrons. The van der Waals surface area contributed by atoms with Gasteiger partial charge < -0.3 is 15.4 Å². The summed E-state index contributed by atoms with van der Waals surface area (Å²) in [7, 11) is 0. The first kappa shape index (κ1) is 24.7. The van der Waals surface area contributed by atoms with Crippen molar-refractivity contribution >= 4 is 17.4 Å². The number of ether oxygens (including phenoxy) is 1. The van der Waals surface area contributed by atoms with Crippen LogP contribution < -0.4 is 15.4 Å². The number of hydrogen-bond acceptors (Lipinski definition) is 5. The number of fused-ring (bicyclic) bond motifs is 1. The zero-order chi connectivity index (χ0) is 24.9. The number of carbonyl (C=O) groups excluding carboxylic acids is 1. The number of piperidine rings is 1. The first-order valence-corrected chi connectivity index (χ1v) is 12.6. The van der Waals surface area contributed by atoms with Gasteiger partial charge in [0.1, 0.15) is 11.6 Å². The fraction of sp³-hybridized carbons (Fsp3) is 0.464. The van der Waals surface area contributed by atoms with Gasteiger partial charge >= 0.3 is 0 Å². The molecule has 0 spiro atoms. The van der Waals surface area contributed by atoms with Crippen molar-refractivity contribution in [1.29, 1.82) is 10.7 Å². The largest absolute Gasteiger partial charge is 0.474 e. The van der Waals surface area contributed by atoms with Crippen LogP contribution in [0.2, 0.25) is 0 Å². The second-order valence-electron chi connectivity index (χ2n) is 9.75. The van der Waals surface area contributed by atoms with Crippen molar-refractivity contribution in [3.05, 3.63) is 59.2 Å². The fourth-order valence-electron chi connectivity index (χ4n) is 5.30. The van der Waals surface area contributed by atoms with Crippen molar-refractivity contribution in [2.75, 3.05) is 18.0 Å². The van der Waals surface area contributed by atoms with Gasteiger partial charge in [-0.25, -0.2) is 0 Å². The molecule has 1 unspecified atom stereocenters. The number of nitrogens with zero attached hydrogens (tertiary/aromatic N) is 3. The molecule has 1 saturated heterocycles. The Hall–Kier alpha value is -3.37. The molecule has 2 aromatic rings. The number of carbonyl (C=O) groups is 1. The maximum absolute atomic E-state index is 13.6. The molecular formula is C28H35N5O2. The van der Waals surface area contributed by atoms with Gasteiger partial charge in [0, 0.05) is 29.8 Å². The highest BCUT2D eigenvalue weighted by Gasteiger charge is 2.35. The lowest BCUT2D eigenvalue weighted by atomic mass is 9.97. The molecule has 0 saturated carbocycles. The maximum atomic E-state index is 13.6. The van der Waals surface area contributed by atoms with E-state index in [0.717, 1.165) is 25.8 Å². The number of nitrogen functional groups attached to an aromatic ring is 1. The third-order valence-electron chi connectivity index (χ3n) is 7.29. The zero-order valence-electron chi connectivity index (χ0n) is 20.7. The third-order valence-corrected chi connectivity index (χ3v) is 7.29. The first-order chi connectivity index (χ1) is 16.9. The summed E-state index contributed by atoms with van der Waals surface area (Å²) in [4.78, 5) is 18.0. The Bertz CT molecular complexity index is 1110. The average molecular weight is 474 g/mol. The minimum atomic E-state index is -0.815. The molecule has 184 valence electrons. The molecule has 2 aromatic carbocycles. The molecule has 1 amide bonds. The number of benzene rings is 2. The quantitative estimate of drug-likeness (QED) is 0.327. The summed E-state index contributed by atoms with van der Waals surface area (Å²) in [5.74, 6) is 0.368. The van der Waals surface area contributed by atoms with E-state index in [1.54, 1.807) is 41.3 Å². The van der Waals surface area contributed by atoms with E-state index in [-0.39, 0.29) is 11.7 Å². The molecule has 1 fully saturated rings. The van der Waals surface area contributed by atoms with Gasteiger partial charge in [-0.3, -0.25) is 15.1 Å². The lowest BCUT2D eigenvalue weighted by Crippen LogP contribution is -2.44. The molecule has 3 atom stereocenters. The van der Waals surface area contributed by atoms with E-state index in [9.17, 15) is 10.1 Å². The summed E-state index contributed by atoms with van der Waals surface area (Å²) < 4.78 is 6.11. The highest BCUT2D eigenvalue weighted by Crippen LogP contribution is 2.40. The van der Waals surface area contributed by atoms with Gasteiger partial charge in [0.15, 0.2) is 0 Å². The highest BCUT2D eigenvalue weighted by atomic mass is 16.5. The van der Waals surface area contributed by atoms with Crippen LogP contribution in [0.3, 0.4) is 0 Å². The molecule has 0 bridgehead atoms. The van der Waals surface area contributed by atoms with Crippen molar-refractivity contribution in [3.63, 3.8) is 0 Å². The number of nitrogens with two attached hydrogens (primary N) is 1. The summed E-state index contributed by atoms with van der Waals surface area (Å²) in [5.41, 5.74) is 8.02. The number of rotatable bonds is 8. The molecule has 35 heavy (non-hydrogen) atoms. The van der Waals surface area contributed by atoms with Gasteiger partial charge in [-0.15, -0.1) is 0 Å². The van der Waals surface area contributed by atoms with E-state index in [4.69, 9.17) is 15.9 Å². The third kappa shape index (κ3) is 5.49. The highest BCUT2D eigenvalue weighted by molar-refractivity contribution is 6.01. The summed E-state index contributed by atoms with van der Waals surface area (Å²) >= 11 is 0. The molecule has 4 rings (SSSR count). The molecule has 7 heteroatoms. The molecule has 2 aliphatic heterocycles. The minimum Gasteiger partial charge on any atom is -0.474 e. The number of nitrogens with one attached hydrogen (secondary N) is 1. The summed E-state index contributed by atoms with van der Waals surface area (Å²) in [6.45, 7) is 6.31. The van der Waals surface area contributed by atoms with Crippen LogP contribution in [0.5, 0.6) is 5.75 Å². The zero-order valence-corrected chi connectivity index (χ0v) is 20.7. The summed E-state index contributed by atoms with van der Waals surface area (Å²) in [6, 6.07) is 15.7. The fourth-order valence-corrected chi connectivity index (χ4v) is 5.30. The molecule has 7 nitrogen and oxygen atoms in total. The van der Waals surface area contributed by atoms with E-state index in [0.29, 0.717) is 46.8 Å². The van der Waals surface area contributed by atoms with E-state index in [1.807, 2.05) is 6.07 Å². The lowest BCUT2D eigenvalue weighted by molar-refractivity contribution is -0.126. The molecule has 0 aromatic heterocycles. The molecule has 0 aliphatic carbocycles. The predicted molar refractivity (Wildman–Crippen MR) is 138 cm³/mol. The van der Waals surface area contributed by atoms with E-state index in [2.05, 4.69) is 24.8 Å². The molecule has 2 heterocycles. The van der Waals surface area contributed by atoms with Gasteiger partial charge in [0.05, 0.1) is 17.3 Å². The Morgan fingerprint density at radius 3 is 2.57 bits per heavy atom. The smallest absolute Gasteiger partial charge is 0.272 e. The van der Waals surface area contributed by atoms with Crippen molar-refractivity contribution in [1.82, 2.24) is 4.90 Å². The topological polar surface area (TPSA) is 106 Å². The van der Waals surface area contributed by atoms with Crippen LogP contribution in [-0.4, -0.2) is 41.8 Å². The van der Waals surface area contributed by atoms with Crippen LogP contribution in [-0.2, 0) is 4.79 Å². The lowest BCUT2D eigenvalue weighted by Gasteiger charge is -2.39. The first-order valence-electron chi connectivity index (χ1n) is 12.6. The van der Waals surface area contributed by atoms with Crippen LogP contribution in [0.25, 0.3) is 0 Å². The Kier molecular flexibility index (Phi) is 7.72. The Balaban J connectivity index is 1.47. The van der Waals surface area contributed by atoms with E-state index < -0.39 is 6.10 Å². The normalized spacial score (nSPS) is 22.3. The van der Waals surface area contributed by atoms with Crippen molar-refractivity contribution in [2.45, 2.75) is 70.6 Å². The maximum Gasteiger partial charge on any atom is 0.272 e. The van der Waals surface area contributed by atoms with E-state index >= 15 is 0 Å². The molecule has 2 aliphatic rings. The van der Waals surface area contributed by atoms with E-state index in [1.165, 1.54) is 19.3 Å². The number of anilines is 1. The standard InChI is InChI=1S/C28H35N5O2/c1-19-8-6-9-20(2)32(19)14-4-3-5-15-33-24-16-21(18-29)12-13-25(24)35-26(28(33)34)22-10-7-11-23(17-22)27(30)31/h7,10-13,16-17,19-20,26H,3-6,8-9,14-15H2,1-2H3,(H3,30,31)/t19-,20+,26?. The average Bonchev–Trinajstić information content (AvgIpc) is 2.86. The molecular weight excluding hydrogens is 438 g/mol. The number of likely N-dealkylation sites (tertiary alicyclic amines) is 1. The van der Waals surface area contributed by atoms with Crippen LogP contribution >= 0.6 is 0 Å². The Labute approximate surface area is 208 Å². The monoisotopic (exact) mass is 473 g/mol. The number of nitriles is 1. The SMILES string of the molecule is C[C@@H]1CCC[C@H](C)N1CCCCCN1C(=O)C(c2cccc(C(=N)N)c2)Oc2ccc(C#N)cc21. The van der Waals surface area contributed by atoms with Gasteiger partial charge in [-0.05, 0) is 70.3 Å². The van der Waals surface area contributed by atoms with Crippen LogP contribution in [0, 0.1) is 16.7 Å². The van der Waals surface area contributed by atoms with Crippen LogP contribution in [0.4, 0.5) is 5.69 Å². The van der Waals surface area contributed by atoms with Gasteiger partial charge in [0.25, 0.3) is 5.91 Å². The second kappa shape index (κ2) is 10.9. The van der Waals surface area contributed by atoms with Crippen molar-refractivity contribution < 1.29 is 9.53 Å². The summed E-state index contributed by atoms with van der Waals surface area (Å²) in [6.07, 6.45) is 6.05. The van der Waals surface area contributed by atoms with Crippen molar-refractivity contribution in [3.8, 4) is 11.8 Å². The van der Waals surface area contributed by atoms with Crippen molar-refractivity contribution in [2.24, 2.45) is 5.73 Å². The summed E-state index contributed by atoms with van der Waals surface area (Å²) in [5, 5.41) is 17.1. The Morgan fingerprint density at radius 2 is 1.86 bits per heavy atom. The minimum absolute atomic E-state index is 0.0524. The number of unbranched alkanes of at least 4 members (excludes halogenated alkanes) is 2. The Morgan fingerprint density at radius 1 is 1.11 bits per heavy atom. The number of amides is 1.